The highest BCUT2D eigenvalue weighted by Gasteiger charge is 2.12. The number of hydrogen-bond donors (Lipinski definition) is 1. The molecule has 114 valence electrons. The van der Waals surface area contributed by atoms with Gasteiger partial charge in [0.05, 0.1) is 12.1 Å². The van der Waals surface area contributed by atoms with E-state index >= 15 is 0 Å². The number of nitrogens with one attached hydrogen (secondary N) is 1. The first kappa shape index (κ1) is 16.1. The number of nitrogens with zero attached hydrogens (tertiary/aromatic N) is 3. The molecule has 2 heterocycles. The second-order valence-corrected chi connectivity index (χ2v) is 5.23. The van der Waals surface area contributed by atoms with Gasteiger partial charge in [-0.1, -0.05) is 0 Å². The van der Waals surface area contributed by atoms with Gasteiger partial charge in [-0.25, -0.2) is 4.39 Å². The third-order valence-corrected chi connectivity index (χ3v) is 3.77. The summed E-state index contributed by atoms with van der Waals surface area (Å²) in [6.45, 7) is 2.68. The van der Waals surface area contributed by atoms with E-state index in [-0.39, 0.29) is 29.8 Å². The van der Waals surface area contributed by atoms with Crippen LogP contribution in [-0.2, 0) is 13.5 Å². The van der Waals surface area contributed by atoms with Crippen molar-refractivity contribution in [3.8, 4) is 0 Å². The standard InChI is InChI=1S/C15H19FN4.HI/c1-19-8-7-18-15(19)17-6-5-11-10-20(2)14-9-12(16)3-4-13(11)14;/h3-4,9-10H,5-8H2,1-2H3,(H,17,18);1H. The van der Waals surface area contributed by atoms with E-state index in [0.717, 1.165) is 42.9 Å². The molecule has 1 aromatic carbocycles. The maximum atomic E-state index is 13.3. The minimum atomic E-state index is -0.190. The third kappa shape index (κ3) is 3.30. The number of aromatic nitrogens is 1. The topological polar surface area (TPSA) is 32.6 Å². The van der Waals surface area contributed by atoms with Crippen LogP contribution in [0.5, 0.6) is 0 Å². The van der Waals surface area contributed by atoms with Crippen LogP contribution < -0.4 is 5.32 Å². The lowest BCUT2D eigenvalue weighted by Gasteiger charge is -2.14. The molecule has 21 heavy (non-hydrogen) atoms. The molecule has 1 aliphatic rings. The number of halogens is 2. The Balaban J connectivity index is 0.00000161. The summed E-state index contributed by atoms with van der Waals surface area (Å²) >= 11 is 0. The third-order valence-electron chi connectivity index (χ3n) is 3.77. The van der Waals surface area contributed by atoms with Crippen LogP contribution in [-0.4, -0.2) is 42.1 Å². The molecule has 1 aromatic heterocycles. The molecule has 0 unspecified atom stereocenters. The Morgan fingerprint density at radius 1 is 1.33 bits per heavy atom. The summed E-state index contributed by atoms with van der Waals surface area (Å²) < 4.78 is 15.3. The van der Waals surface area contributed by atoms with Crippen molar-refractivity contribution in [2.75, 3.05) is 26.7 Å². The lowest BCUT2D eigenvalue weighted by atomic mass is 10.1. The normalized spacial score (nSPS) is 14.2. The Hall–Kier alpha value is -1.31. The summed E-state index contributed by atoms with van der Waals surface area (Å²) in [5.74, 6) is 0.779. The highest BCUT2D eigenvalue weighted by Crippen LogP contribution is 2.21. The van der Waals surface area contributed by atoms with Gasteiger partial charge in [0.25, 0.3) is 0 Å². The Bertz CT molecular complexity index is 665. The fourth-order valence-corrected chi connectivity index (χ4v) is 2.67. The molecular formula is C15H20FIN4. The van der Waals surface area contributed by atoms with E-state index in [1.807, 2.05) is 24.7 Å². The van der Waals surface area contributed by atoms with E-state index in [1.165, 1.54) is 11.6 Å². The lowest BCUT2D eigenvalue weighted by Crippen LogP contribution is -2.36. The molecule has 0 saturated heterocycles. The Morgan fingerprint density at radius 2 is 2.14 bits per heavy atom. The molecule has 0 atom stereocenters. The van der Waals surface area contributed by atoms with Crippen LogP contribution in [0.4, 0.5) is 4.39 Å². The predicted octanol–water partition coefficient (Wildman–Crippen LogP) is 2.37. The molecule has 3 rings (SSSR count). The van der Waals surface area contributed by atoms with Crippen LogP contribution in [0, 0.1) is 5.82 Å². The first-order chi connectivity index (χ1) is 9.65. The number of guanidine groups is 1. The van der Waals surface area contributed by atoms with E-state index in [2.05, 4.69) is 21.4 Å². The maximum absolute atomic E-state index is 13.3. The van der Waals surface area contributed by atoms with E-state index in [0.29, 0.717) is 0 Å². The average Bonchev–Trinajstić information content (AvgIpc) is 2.95. The number of hydrogen-bond acceptors (Lipinski definition) is 3. The van der Waals surface area contributed by atoms with Crippen LogP contribution >= 0.6 is 24.0 Å². The first-order valence-corrected chi connectivity index (χ1v) is 6.88. The van der Waals surface area contributed by atoms with Gasteiger partial charge < -0.3 is 14.8 Å². The summed E-state index contributed by atoms with van der Waals surface area (Å²) in [7, 11) is 3.99. The van der Waals surface area contributed by atoms with E-state index < -0.39 is 0 Å². The maximum Gasteiger partial charge on any atom is 0.193 e. The van der Waals surface area contributed by atoms with Gasteiger partial charge in [-0.15, -0.1) is 24.0 Å². The highest BCUT2D eigenvalue weighted by molar-refractivity contribution is 14.0. The molecular weight excluding hydrogens is 382 g/mol. The molecule has 6 heteroatoms. The molecule has 0 saturated carbocycles. The summed E-state index contributed by atoms with van der Waals surface area (Å²) in [5, 5.41) is 4.48. The Labute approximate surface area is 141 Å². The van der Waals surface area contributed by atoms with Gasteiger partial charge in [0.2, 0.25) is 0 Å². The quantitative estimate of drug-likeness (QED) is 0.800. The number of aliphatic imine (C=N–C) groups is 1. The fraction of sp³-hybridized carbons (Fsp3) is 0.400. The molecule has 0 amide bonds. The van der Waals surface area contributed by atoms with Crippen molar-refractivity contribution in [1.29, 1.82) is 0 Å². The molecule has 1 aliphatic heterocycles. The molecule has 0 aliphatic carbocycles. The van der Waals surface area contributed by atoms with Gasteiger partial charge in [-0.2, -0.15) is 0 Å². The molecule has 4 nitrogen and oxygen atoms in total. The number of rotatable bonds is 3. The van der Waals surface area contributed by atoms with E-state index in [9.17, 15) is 4.39 Å². The lowest BCUT2D eigenvalue weighted by molar-refractivity contribution is 0.534. The zero-order valence-electron chi connectivity index (χ0n) is 12.3. The second-order valence-electron chi connectivity index (χ2n) is 5.23. The zero-order valence-corrected chi connectivity index (χ0v) is 14.6. The largest absolute Gasteiger partial charge is 0.356 e. The number of likely N-dealkylation sites (N-methyl/N-ethyl adjacent to an activating group) is 1. The van der Waals surface area contributed by atoms with Crippen LogP contribution in [0.15, 0.2) is 29.4 Å². The van der Waals surface area contributed by atoms with Crippen molar-refractivity contribution in [3.63, 3.8) is 0 Å². The fourth-order valence-electron chi connectivity index (χ4n) is 2.67. The monoisotopic (exact) mass is 402 g/mol. The van der Waals surface area contributed by atoms with Crippen molar-refractivity contribution in [2.45, 2.75) is 6.42 Å². The van der Waals surface area contributed by atoms with Gasteiger partial charge in [0.15, 0.2) is 5.96 Å². The smallest absolute Gasteiger partial charge is 0.193 e. The van der Waals surface area contributed by atoms with Crippen LogP contribution in [0.25, 0.3) is 10.9 Å². The van der Waals surface area contributed by atoms with Gasteiger partial charge in [-0.3, -0.25) is 4.99 Å². The number of benzene rings is 1. The molecule has 2 aromatic rings. The van der Waals surface area contributed by atoms with Crippen molar-refractivity contribution >= 4 is 40.8 Å². The van der Waals surface area contributed by atoms with E-state index in [1.54, 1.807) is 6.07 Å². The number of aryl methyl sites for hydroxylation is 1. The van der Waals surface area contributed by atoms with Gasteiger partial charge in [0, 0.05) is 38.8 Å². The average molecular weight is 402 g/mol. The van der Waals surface area contributed by atoms with Crippen molar-refractivity contribution in [3.05, 3.63) is 35.8 Å². The molecule has 1 N–H and O–H groups in total. The van der Waals surface area contributed by atoms with Crippen LogP contribution in [0.2, 0.25) is 0 Å². The zero-order chi connectivity index (χ0) is 14.1. The van der Waals surface area contributed by atoms with Crippen molar-refractivity contribution < 1.29 is 4.39 Å². The van der Waals surface area contributed by atoms with Crippen LogP contribution in [0.3, 0.4) is 0 Å². The Morgan fingerprint density at radius 3 is 2.86 bits per heavy atom. The second kappa shape index (κ2) is 6.64. The highest BCUT2D eigenvalue weighted by atomic mass is 127. The van der Waals surface area contributed by atoms with Crippen molar-refractivity contribution in [2.24, 2.45) is 12.0 Å². The summed E-state index contributed by atoms with van der Waals surface area (Å²) in [6.07, 6.45) is 2.97. The first-order valence-electron chi connectivity index (χ1n) is 6.88. The molecule has 0 fully saturated rings. The molecule has 0 spiro atoms. The van der Waals surface area contributed by atoms with Gasteiger partial charge in [-0.05, 0) is 30.2 Å². The molecule has 0 bridgehead atoms. The summed E-state index contributed by atoms with van der Waals surface area (Å²) in [4.78, 5) is 6.53. The molecule has 0 radical (unpaired) electrons. The minimum absolute atomic E-state index is 0. The van der Waals surface area contributed by atoms with Crippen molar-refractivity contribution in [1.82, 2.24) is 14.8 Å². The Kier molecular flexibility index (Phi) is 5.08. The summed E-state index contributed by atoms with van der Waals surface area (Å²) in [6, 6.07) is 4.97. The predicted molar refractivity (Wildman–Crippen MR) is 94.9 cm³/mol. The van der Waals surface area contributed by atoms with Gasteiger partial charge in [0.1, 0.15) is 5.82 Å². The van der Waals surface area contributed by atoms with Crippen LogP contribution in [0.1, 0.15) is 5.56 Å². The van der Waals surface area contributed by atoms with Gasteiger partial charge >= 0.3 is 0 Å². The van der Waals surface area contributed by atoms with E-state index in [4.69, 9.17) is 0 Å². The minimum Gasteiger partial charge on any atom is -0.356 e. The number of fused-ring (bicyclic) bond motifs is 1. The SMILES string of the molecule is CN1CCN=C1NCCc1cn(C)c2cc(F)ccc12.I. The summed E-state index contributed by atoms with van der Waals surface area (Å²) in [5.41, 5.74) is 2.17.